The molecular weight excluding hydrogens is 723 g/mol. The number of fused-ring (bicyclic) bond motifs is 5. The minimum Gasteiger partial charge on any atom is -0.422 e. The van der Waals surface area contributed by atoms with E-state index in [4.69, 9.17) is 8.83 Å². The summed E-state index contributed by atoms with van der Waals surface area (Å²) in [6.45, 7) is 12.0. The van der Waals surface area contributed by atoms with Crippen LogP contribution in [0.25, 0.3) is 88.8 Å². The van der Waals surface area contributed by atoms with Crippen molar-refractivity contribution in [3.63, 3.8) is 0 Å². The highest BCUT2D eigenvalue weighted by atomic mass is 16.4. The average Bonchev–Trinajstić information content (AvgIpc) is 3.85. The predicted octanol–water partition coefficient (Wildman–Crippen LogP) is 10.6. The maximum Gasteiger partial charge on any atom is 0.344 e. The number of hydrogen-bond donors (Lipinski definition) is 0. The van der Waals surface area contributed by atoms with Crippen LogP contribution in [-0.2, 0) is 21.1 Å². The Kier molecular flexibility index (Phi) is 9.11. The number of aromatic nitrogens is 3. The topological polar surface area (TPSA) is 81.7 Å². The van der Waals surface area contributed by atoms with Crippen molar-refractivity contribution in [3.8, 4) is 44.8 Å². The molecule has 4 aromatic carbocycles. The van der Waals surface area contributed by atoms with Crippen molar-refractivity contribution in [2.24, 2.45) is 21.1 Å². The van der Waals surface area contributed by atoms with Gasteiger partial charge in [0.1, 0.15) is 11.2 Å². The molecule has 9 aromatic rings. The Bertz CT molecular complexity index is 2960. The summed E-state index contributed by atoms with van der Waals surface area (Å²) in [6, 6.07) is 36.7. The zero-order valence-corrected chi connectivity index (χ0v) is 34.1. The fourth-order valence-electron chi connectivity index (χ4n) is 8.79. The normalized spacial score (nSPS) is 11.8. The van der Waals surface area contributed by atoms with Crippen molar-refractivity contribution in [2.45, 2.75) is 27.7 Å². The predicted molar refractivity (Wildman–Crippen MR) is 239 cm³/mol. The largest absolute Gasteiger partial charge is 0.422 e. The van der Waals surface area contributed by atoms with Crippen molar-refractivity contribution >= 4 is 55.4 Å². The number of hydrogen-bond acceptors (Lipinski definition) is 6. The van der Waals surface area contributed by atoms with Crippen LogP contribution in [0.3, 0.4) is 0 Å². The number of benzene rings is 4. The van der Waals surface area contributed by atoms with Gasteiger partial charge in [0.25, 0.3) is 0 Å². The highest BCUT2D eigenvalue weighted by Crippen LogP contribution is 2.39. The van der Waals surface area contributed by atoms with Crippen molar-refractivity contribution in [1.29, 1.82) is 0 Å². The van der Waals surface area contributed by atoms with Crippen molar-refractivity contribution < 1.29 is 8.83 Å². The van der Waals surface area contributed by atoms with Crippen LogP contribution in [0.2, 0.25) is 0 Å². The lowest BCUT2D eigenvalue weighted by Gasteiger charge is -2.21. The third kappa shape index (κ3) is 5.92. The lowest BCUT2D eigenvalue weighted by atomic mass is 10.0. The summed E-state index contributed by atoms with van der Waals surface area (Å²) in [5, 5.41) is 1.77. The van der Waals surface area contributed by atoms with Crippen LogP contribution in [-0.4, -0.2) is 39.9 Å². The zero-order chi connectivity index (χ0) is 40.4. The molecule has 0 unspecified atom stereocenters. The smallest absolute Gasteiger partial charge is 0.344 e. The van der Waals surface area contributed by atoms with Crippen LogP contribution in [0.4, 0.5) is 11.4 Å². The zero-order valence-electron chi connectivity index (χ0n) is 34.1. The van der Waals surface area contributed by atoms with Gasteiger partial charge in [-0.05, 0) is 111 Å². The fraction of sp³-hybridized carbons (Fsp3) is 0.224. The number of aryl methyl sites for hydroxylation is 3. The van der Waals surface area contributed by atoms with E-state index in [1.165, 1.54) is 0 Å². The highest BCUT2D eigenvalue weighted by molar-refractivity contribution is 6.08. The maximum atomic E-state index is 13.4. The number of rotatable bonds is 10. The molecule has 0 N–H and O–H groups in total. The average molecular weight is 770 g/mol. The van der Waals surface area contributed by atoms with E-state index in [0.29, 0.717) is 22.3 Å². The van der Waals surface area contributed by atoms with Gasteiger partial charge in [-0.2, -0.15) is 0 Å². The minimum atomic E-state index is -0.355. The monoisotopic (exact) mass is 769 g/mol. The van der Waals surface area contributed by atoms with E-state index in [0.717, 1.165) is 104 Å². The Morgan fingerprint density at radius 3 is 1.26 bits per heavy atom. The SMILES string of the molecule is CCN(CC)c1ccc2cc(-c3cccc(-c4cc5c(c6c(cc(-c7cccc(-c8cc9ccc(N(CC)CC)cc9oc8=O)c7)n6C)n5C)n4C)c3)c(=O)oc2c1. The molecule has 0 saturated carbocycles. The molecule has 292 valence electrons. The van der Waals surface area contributed by atoms with E-state index >= 15 is 0 Å². The van der Waals surface area contributed by atoms with Crippen molar-refractivity contribution in [1.82, 2.24) is 13.7 Å². The molecule has 0 aliphatic rings. The lowest BCUT2D eigenvalue weighted by molar-refractivity contribution is 0.563. The van der Waals surface area contributed by atoms with Gasteiger partial charge >= 0.3 is 11.3 Å². The van der Waals surface area contributed by atoms with E-state index in [1.807, 2.05) is 60.7 Å². The van der Waals surface area contributed by atoms with Crippen molar-refractivity contribution in [2.75, 3.05) is 36.0 Å². The maximum absolute atomic E-state index is 13.4. The molecule has 58 heavy (non-hydrogen) atoms. The standard InChI is InChI=1S/C49H47N5O4/c1-8-53(9-2)36-20-18-34-24-38(48(55)57-44(34)26-36)30-14-12-16-32(22-30)40-28-42-46(51(40)6)47-43(50(42)5)29-41(52(47)7)33-17-13-15-31(23-33)39-25-35-19-21-37(54(10-3)11-4)27-45(35)58-49(39)56/h12-29H,8-11H2,1-7H3. The molecule has 9 heteroatoms. The van der Waals surface area contributed by atoms with Gasteiger partial charge in [-0.3, -0.25) is 0 Å². The van der Waals surface area contributed by atoms with E-state index < -0.39 is 0 Å². The Labute approximate surface area is 336 Å². The fourth-order valence-corrected chi connectivity index (χ4v) is 8.79. The molecule has 5 aromatic heterocycles. The van der Waals surface area contributed by atoms with Gasteiger partial charge in [0.05, 0.1) is 44.6 Å². The summed E-state index contributed by atoms with van der Waals surface area (Å²) < 4.78 is 18.5. The second-order valence-electron chi connectivity index (χ2n) is 15.0. The molecule has 0 saturated heterocycles. The summed E-state index contributed by atoms with van der Waals surface area (Å²) >= 11 is 0. The summed E-state index contributed by atoms with van der Waals surface area (Å²) in [4.78, 5) is 31.3. The van der Waals surface area contributed by atoms with E-state index in [1.54, 1.807) is 0 Å². The highest BCUT2D eigenvalue weighted by Gasteiger charge is 2.22. The molecule has 0 bridgehead atoms. The molecule has 9 nitrogen and oxygen atoms in total. The summed E-state index contributed by atoms with van der Waals surface area (Å²) in [5.41, 5.74) is 13.7. The first-order chi connectivity index (χ1) is 28.1. The molecular formula is C49H47N5O4. The first-order valence-corrected chi connectivity index (χ1v) is 20.1. The molecule has 0 fully saturated rings. The van der Waals surface area contributed by atoms with Crippen LogP contribution in [0.15, 0.2) is 128 Å². The van der Waals surface area contributed by atoms with Gasteiger partial charge in [0.15, 0.2) is 0 Å². The molecule has 0 aliphatic carbocycles. The summed E-state index contributed by atoms with van der Waals surface area (Å²) in [5.74, 6) is 0. The molecule has 0 amide bonds. The Hall–Kier alpha value is -6.74. The Balaban J connectivity index is 1.08. The van der Waals surface area contributed by atoms with Gasteiger partial charge in [0.2, 0.25) is 0 Å². The van der Waals surface area contributed by atoms with Gasteiger partial charge in [-0.25, -0.2) is 9.59 Å². The quantitative estimate of drug-likeness (QED) is 0.129. The Morgan fingerprint density at radius 2 is 0.862 bits per heavy atom. The second-order valence-corrected chi connectivity index (χ2v) is 15.0. The van der Waals surface area contributed by atoms with Crippen LogP contribution in [0.5, 0.6) is 0 Å². The molecule has 5 heterocycles. The van der Waals surface area contributed by atoms with Crippen LogP contribution >= 0.6 is 0 Å². The molecule has 0 aliphatic heterocycles. The van der Waals surface area contributed by atoms with E-state index in [2.05, 4.69) is 121 Å². The first kappa shape index (κ1) is 36.9. The van der Waals surface area contributed by atoms with Gasteiger partial charge < -0.3 is 32.3 Å². The second kappa shape index (κ2) is 14.3. The number of anilines is 2. The van der Waals surface area contributed by atoms with Gasteiger partial charge in [0, 0.05) is 81.6 Å². The molecule has 9 rings (SSSR count). The van der Waals surface area contributed by atoms with E-state index in [-0.39, 0.29) is 11.3 Å². The first-order valence-electron chi connectivity index (χ1n) is 20.1. The van der Waals surface area contributed by atoms with Crippen LogP contribution in [0.1, 0.15) is 27.7 Å². The van der Waals surface area contributed by atoms with E-state index in [9.17, 15) is 9.59 Å². The summed E-state index contributed by atoms with van der Waals surface area (Å²) in [6.07, 6.45) is 0. The van der Waals surface area contributed by atoms with Crippen molar-refractivity contribution in [3.05, 3.63) is 130 Å². The van der Waals surface area contributed by atoms with Gasteiger partial charge in [-0.15, -0.1) is 0 Å². The third-order valence-electron chi connectivity index (χ3n) is 12.0. The molecule has 0 spiro atoms. The van der Waals surface area contributed by atoms with Crippen LogP contribution < -0.4 is 21.1 Å². The lowest BCUT2D eigenvalue weighted by Crippen LogP contribution is -2.21. The van der Waals surface area contributed by atoms with Crippen LogP contribution in [0, 0.1) is 0 Å². The summed E-state index contributed by atoms with van der Waals surface area (Å²) in [7, 11) is 6.29. The third-order valence-corrected chi connectivity index (χ3v) is 12.0. The Morgan fingerprint density at radius 1 is 0.466 bits per heavy atom. The molecule has 0 atom stereocenters. The minimum absolute atomic E-state index is 0.355. The number of nitrogens with zero attached hydrogens (tertiary/aromatic N) is 5. The van der Waals surface area contributed by atoms with Gasteiger partial charge in [-0.1, -0.05) is 36.4 Å². The molecule has 0 radical (unpaired) electrons.